The van der Waals surface area contributed by atoms with Crippen LogP contribution in [0.15, 0.2) is 42.5 Å². The van der Waals surface area contributed by atoms with Crippen molar-refractivity contribution in [3.05, 3.63) is 70.8 Å². The van der Waals surface area contributed by atoms with Gasteiger partial charge in [0.2, 0.25) is 5.91 Å². The van der Waals surface area contributed by atoms with Gasteiger partial charge in [-0.05, 0) is 25.1 Å². The molecule has 1 aliphatic heterocycles. The van der Waals surface area contributed by atoms with Crippen molar-refractivity contribution in [3.8, 4) is 0 Å². The zero-order chi connectivity index (χ0) is 18.8. The molecule has 7 heteroatoms. The summed E-state index contributed by atoms with van der Waals surface area (Å²) in [5, 5.41) is 2.58. The number of imide groups is 1. The molecular formula is C19H16F2N2O3. The van der Waals surface area contributed by atoms with Crippen LogP contribution in [-0.2, 0) is 4.79 Å². The minimum absolute atomic E-state index is 0.0726. The lowest BCUT2D eigenvalue weighted by atomic mass is 10.1. The monoisotopic (exact) mass is 358 g/mol. The highest BCUT2D eigenvalue weighted by Gasteiger charge is 2.35. The number of fused-ring (bicyclic) bond motifs is 1. The lowest BCUT2D eigenvalue weighted by molar-refractivity contribution is -0.121. The average Bonchev–Trinajstić information content (AvgIpc) is 2.84. The van der Waals surface area contributed by atoms with Gasteiger partial charge < -0.3 is 5.32 Å². The smallest absolute Gasteiger partial charge is 0.261 e. The number of carbonyl (C=O) groups is 3. The molecular weight excluding hydrogens is 342 g/mol. The first-order valence-electron chi connectivity index (χ1n) is 8.08. The van der Waals surface area contributed by atoms with E-state index in [0.717, 1.165) is 17.0 Å². The molecule has 0 spiro atoms. The maximum absolute atomic E-state index is 13.7. The van der Waals surface area contributed by atoms with E-state index in [0.29, 0.717) is 11.1 Å². The lowest BCUT2D eigenvalue weighted by Gasteiger charge is -2.17. The molecule has 0 saturated carbocycles. The van der Waals surface area contributed by atoms with Crippen molar-refractivity contribution in [2.75, 3.05) is 6.54 Å². The fourth-order valence-corrected chi connectivity index (χ4v) is 2.90. The topological polar surface area (TPSA) is 66.5 Å². The summed E-state index contributed by atoms with van der Waals surface area (Å²) in [6.07, 6.45) is -0.112. The molecule has 1 heterocycles. The summed E-state index contributed by atoms with van der Waals surface area (Å²) in [6.45, 7) is 1.49. The zero-order valence-corrected chi connectivity index (χ0v) is 14.0. The molecule has 134 valence electrons. The van der Waals surface area contributed by atoms with Crippen molar-refractivity contribution < 1.29 is 23.2 Å². The van der Waals surface area contributed by atoms with Crippen LogP contribution in [0.1, 0.15) is 45.7 Å². The van der Waals surface area contributed by atoms with Crippen molar-refractivity contribution >= 4 is 17.7 Å². The second-order valence-corrected chi connectivity index (χ2v) is 6.01. The summed E-state index contributed by atoms with van der Waals surface area (Å²) in [7, 11) is 0. The predicted octanol–water partition coefficient (Wildman–Crippen LogP) is 2.83. The van der Waals surface area contributed by atoms with Gasteiger partial charge in [0.25, 0.3) is 11.8 Å². The maximum atomic E-state index is 13.7. The van der Waals surface area contributed by atoms with E-state index in [2.05, 4.69) is 5.32 Å². The molecule has 1 aliphatic rings. The van der Waals surface area contributed by atoms with Crippen molar-refractivity contribution in [1.82, 2.24) is 10.2 Å². The van der Waals surface area contributed by atoms with Gasteiger partial charge in [0.05, 0.1) is 17.2 Å². The van der Waals surface area contributed by atoms with E-state index in [9.17, 15) is 23.2 Å². The minimum atomic E-state index is -0.752. The summed E-state index contributed by atoms with van der Waals surface area (Å²) < 4.78 is 26.7. The van der Waals surface area contributed by atoms with Crippen LogP contribution in [0.3, 0.4) is 0 Å². The van der Waals surface area contributed by atoms with E-state index in [1.165, 1.54) is 6.07 Å². The highest BCUT2D eigenvalue weighted by Crippen LogP contribution is 2.22. The molecule has 0 aromatic heterocycles. The fraction of sp³-hybridized carbons (Fsp3) is 0.211. The normalized spacial score (nSPS) is 14.3. The quantitative estimate of drug-likeness (QED) is 0.836. The third kappa shape index (κ3) is 3.33. The van der Waals surface area contributed by atoms with Gasteiger partial charge in [-0.25, -0.2) is 8.78 Å². The summed E-state index contributed by atoms with van der Waals surface area (Å²) in [5.41, 5.74) is 0.791. The van der Waals surface area contributed by atoms with E-state index in [-0.39, 0.29) is 18.5 Å². The standard InChI is InChI=1S/C19H16F2N2O3/c1-11(13-7-6-12(20)10-16(13)21)22-17(24)8-9-23-18(25)14-4-2-3-5-15(14)19(23)26/h2-7,10-11H,8-9H2,1H3,(H,22,24). The molecule has 1 atom stereocenters. The third-order valence-corrected chi connectivity index (χ3v) is 4.25. The number of carbonyl (C=O) groups excluding carboxylic acids is 3. The largest absolute Gasteiger partial charge is 0.349 e. The van der Waals surface area contributed by atoms with Crippen LogP contribution in [0.5, 0.6) is 0 Å². The second kappa shape index (κ2) is 7.03. The first kappa shape index (κ1) is 17.7. The number of nitrogens with one attached hydrogen (secondary N) is 1. The fourth-order valence-electron chi connectivity index (χ4n) is 2.90. The summed E-state index contributed by atoms with van der Waals surface area (Å²) in [6, 6.07) is 8.91. The van der Waals surface area contributed by atoms with E-state index < -0.39 is 35.4 Å². The lowest BCUT2D eigenvalue weighted by Crippen LogP contribution is -2.35. The predicted molar refractivity (Wildman–Crippen MR) is 89.3 cm³/mol. The number of benzene rings is 2. The van der Waals surface area contributed by atoms with Crippen LogP contribution in [0.2, 0.25) is 0 Å². The highest BCUT2D eigenvalue weighted by molar-refractivity contribution is 6.21. The molecule has 2 aromatic rings. The molecule has 3 rings (SSSR count). The molecule has 26 heavy (non-hydrogen) atoms. The van der Waals surface area contributed by atoms with Crippen molar-refractivity contribution in [3.63, 3.8) is 0 Å². The molecule has 0 radical (unpaired) electrons. The van der Waals surface area contributed by atoms with Crippen LogP contribution >= 0.6 is 0 Å². The van der Waals surface area contributed by atoms with Crippen molar-refractivity contribution in [2.24, 2.45) is 0 Å². The maximum Gasteiger partial charge on any atom is 0.261 e. The Bertz CT molecular complexity index is 863. The van der Waals surface area contributed by atoms with E-state index in [4.69, 9.17) is 0 Å². The number of amides is 3. The molecule has 0 saturated heterocycles. The Kier molecular flexibility index (Phi) is 4.79. The van der Waals surface area contributed by atoms with Crippen LogP contribution in [0.25, 0.3) is 0 Å². The van der Waals surface area contributed by atoms with Gasteiger partial charge in [-0.1, -0.05) is 18.2 Å². The molecule has 2 aromatic carbocycles. The van der Waals surface area contributed by atoms with Crippen molar-refractivity contribution in [1.29, 1.82) is 0 Å². The zero-order valence-electron chi connectivity index (χ0n) is 14.0. The number of hydrogen-bond donors (Lipinski definition) is 1. The summed E-state index contributed by atoms with van der Waals surface area (Å²) >= 11 is 0. The van der Waals surface area contributed by atoms with E-state index >= 15 is 0 Å². The Labute approximate surface area is 148 Å². The number of halogens is 2. The Morgan fingerprint density at radius 1 is 1.08 bits per heavy atom. The minimum Gasteiger partial charge on any atom is -0.349 e. The van der Waals surface area contributed by atoms with Crippen LogP contribution in [0.4, 0.5) is 8.78 Å². The average molecular weight is 358 g/mol. The molecule has 0 bridgehead atoms. The van der Waals surface area contributed by atoms with Gasteiger partial charge in [-0.3, -0.25) is 19.3 Å². The Morgan fingerprint density at radius 2 is 1.69 bits per heavy atom. The first-order chi connectivity index (χ1) is 12.4. The van der Waals surface area contributed by atoms with Crippen molar-refractivity contribution in [2.45, 2.75) is 19.4 Å². The molecule has 0 aliphatic carbocycles. The summed E-state index contributed by atoms with van der Waals surface area (Å²) in [4.78, 5) is 37.6. The van der Waals surface area contributed by atoms with Gasteiger partial charge in [0.1, 0.15) is 11.6 Å². The SMILES string of the molecule is CC(NC(=O)CCN1C(=O)c2ccccc2C1=O)c1ccc(F)cc1F. The van der Waals surface area contributed by atoms with Gasteiger partial charge >= 0.3 is 0 Å². The van der Waals surface area contributed by atoms with Crippen LogP contribution < -0.4 is 5.32 Å². The Morgan fingerprint density at radius 3 is 2.27 bits per heavy atom. The number of nitrogens with zero attached hydrogens (tertiary/aromatic N) is 1. The molecule has 0 fully saturated rings. The molecule has 1 N–H and O–H groups in total. The van der Waals surface area contributed by atoms with Crippen LogP contribution in [-0.4, -0.2) is 29.2 Å². The van der Waals surface area contributed by atoms with E-state index in [1.807, 2.05) is 0 Å². The third-order valence-electron chi connectivity index (χ3n) is 4.25. The van der Waals surface area contributed by atoms with Gasteiger partial charge in [-0.15, -0.1) is 0 Å². The second-order valence-electron chi connectivity index (χ2n) is 6.01. The number of rotatable bonds is 5. The highest BCUT2D eigenvalue weighted by atomic mass is 19.1. The molecule has 1 unspecified atom stereocenters. The van der Waals surface area contributed by atoms with Gasteiger partial charge in [0.15, 0.2) is 0 Å². The van der Waals surface area contributed by atoms with Gasteiger partial charge in [-0.2, -0.15) is 0 Å². The summed E-state index contributed by atoms with van der Waals surface area (Å²) in [5.74, 6) is -2.77. The molecule has 5 nitrogen and oxygen atoms in total. The first-order valence-corrected chi connectivity index (χ1v) is 8.08. The van der Waals surface area contributed by atoms with Gasteiger partial charge in [0, 0.05) is 24.6 Å². The number of hydrogen-bond acceptors (Lipinski definition) is 3. The van der Waals surface area contributed by atoms with Crippen LogP contribution in [0, 0.1) is 11.6 Å². The Balaban J connectivity index is 1.60. The van der Waals surface area contributed by atoms with E-state index in [1.54, 1.807) is 31.2 Å². The Hall–Kier alpha value is -3.09. The molecule has 3 amide bonds.